The topological polar surface area (TPSA) is 71.4 Å². The minimum absolute atomic E-state index is 0.0517. The SMILES string of the molecule is Cc1cc2cc(Br)cc3c2n1C(=O)NC31CC(=O)N(C)C1=O. The molecule has 0 aliphatic carbocycles. The molecule has 0 radical (unpaired) electrons. The Balaban J connectivity index is 2.14. The second-order valence-corrected chi connectivity index (χ2v) is 6.70. The van der Waals surface area contributed by atoms with Gasteiger partial charge in [-0.15, -0.1) is 0 Å². The van der Waals surface area contributed by atoms with Gasteiger partial charge in [-0.2, -0.15) is 0 Å². The number of rotatable bonds is 0. The Morgan fingerprint density at radius 3 is 2.59 bits per heavy atom. The zero-order valence-corrected chi connectivity index (χ0v) is 13.5. The van der Waals surface area contributed by atoms with Crippen molar-refractivity contribution in [2.75, 3.05) is 7.05 Å². The average Bonchev–Trinajstić information content (AvgIpc) is 2.87. The van der Waals surface area contributed by atoms with Gasteiger partial charge in [0.2, 0.25) is 5.91 Å². The second-order valence-electron chi connectivity index (χ2n) is 5.78. The predicted octanol–water partition coefficient (Wildman–Crippen LogP) is 1.87. The number of aromatic nitrogens is 1. The fraction of sp³-hybridized carbons (Fsp3) is 0.267. The Morgan fingerprint density at radius 1 is 1.23 bits per heavy atom. The lowest BCUT2D eigenvalue weighted by Gasteiger charge is -2.33. The Hall–Kier alpha value is -2.15. The summed E-state index contributed by atoms with van der Waals surface area (Å²) >= 11 is 3.45. The van der Waals surface area contributed by atoms with Crippen molar-refractivity contribution < 1.29 is 14.4 Å². The predicted molar refractivity (Wildman–Crippen MR) is 82.4 cm³/mol. The molecule has 1 spiro atoms. The molecule has 1 aromatic heterocycles. The van der Waals surface area contributed by atoms with Gasteiger partial charge in [0, 0.05) is 28.2 Å². The Bertz CT molecular complexity index is 901. The van der Waals surface area contributed by atoms with Gasteiger partial charge in [0.1, 0.15) is 0 Å². The lowest BCUT2D eigenvalue weighted by molar-refractivity contribution is -0.138. The van der Waals surface area contributed by atoms with Crippen molar-refractivity contribution in [3.63, 3.8) is 0 Å². The smallest absolute Gasteiger partial charge is 0.318 e. The molecule has 1 N–H and O–H groups in total. The highest BCUT2D eigenvalue weighted by molar-refractivity contribution is 9.10. The van der Waals surface area contributed by atoms with Crippen molar-refractivity contribution in [3.05, 3.63) is 33.9 Å². The maximum atomic E-state index is 12.7. The lowest BCUT2D eigenvalue weighted by Crippen LogP contribution is -2.55. The van der Waals surface area contributed by atoms with E-state index in [4.69, 9.17) is 0 Å². The van der Waals surface area contributed by atoms with Crippen LogP contribution in [0.15, 0.2) is 22.7 Å². The van der Waals surface area contributed by atoms with Crippen molar-refractivity contribution in [2.45, 2.75) is 18.9 Å². The van der Waals surface area contributed by atoms with Crippen LogP contribution >= 0.6 is 15.9 Å². The minimum atomic E-state index is -1.30. The molecule has 112 valence electrons. The van der Waals surface area contributed by atoms with Crippen LogP contribution in [0.1, 0.15) is 17.7 Å². The zero-order valence-electron chi connectivity index (χ0n) is 11.9. The van der Waals surface area contributed by atoms with E-state index in [1.54, 1.807) is 4.57 Å². The number of carbonyl (C=O) groups excluding carboxylic acids is 3. The number of imide groups is 1. The number of hydrogen-bond donors (Lipinski definition) is 1. The monoisotopic (exact) mass is 361 g/mol. The van der Waals surface area contributed by atoms with Crippen LogP contribution in [0.5, 0.6) is 0 Å². The van der Waals surface area contributed by atoms with Gasteiger partial charge >= 0.3 is 6.03 Å². The summed E-state index contributed by atoms with van der Waals surface area (Å²) in [7, 11) is 1.44. The van der Waals surface area contributed by atoms with Crippen LogP contribution in [0.3, 0.4) is 0 Å². The van der Waals surface area contributed by atoms with Gasteiger partial charge in [-0.3, -0.25) is 19.1 Å². The van der Waals surface area contributed by atoms with E-state index in [1.807, 2.05) is 25.1 Å². The molecule has 3 heterocycles. The number of hydrogen-bond acceptors (Lipinski definition) is 3. The number of fused-ring (bicyclic) bond motifs is 1. The van der Waals surface area contributed by atoms with E-state index in [9.17, 15) is 14.4 Å². The number of aryl methyl sites for hydroxylation is 1. The van der Waals surface area contributed by atoms with Gasteiger partial charge in [-0.25, -0.2) is 4.79 Å². The first-order chi connectivity index (χ1) is 10.3. The molecule has 2 aromatic rings. The first kappa shape index (κ1) is 13.5. The van der Waals surface area contributed by atoms with Gasteiger partial charge in [0.05, 0.1) is 11.9 Å². The molecule has 1 unspecified atom stereocenters. The molecule has 2 aliphatic heterocycles. The van der Waals surface area contributed by atoms with Gasteiger partial charge in [0.15, 0.2) is 5.54 Å². The van der Waals surface area contributed by atoms with E-state index in [0.29, 0.717) is 11.1 Å². The van der Waals surface area contributed by atoms with Crippen LogP contribution in [0.25, 0.3) is 10.9 Å². The molecular weight excluding hydrogens is 350 g/mol. The van der Waals surface area contributed by atoms with Crippen LogP contribution in [0.2, 0.25) is 0 Å². The van der Waals surface area contributed by atoms with Crippen LogP contribution < -0.4 is 5.32 Å². The highest BCUT2D eigenvalue weighted by Crippen LogP contribution is 2.42. The zero-order chi connectivity index (χ0) is 15.8. The molecule has 3 amide bonds. The number of carbonyl (C=O) groups is 3. The number of benzene rings is 1. The quantitative estimate of drug-likeness (QED) is 0.728. The molecule has 0 bridgehead atoms. The fourth-order valence-corrected chi connectivity index (χ4v) is 3.94. The van der Waals surface area contributed by atoms with Gasteiger partial charge in [0.25, 0.3) is 5.91 Å². The van der Waals surface area contributed by atoms with Crippen molar-refractivity contribution in [3.8, 4) is 0 Å². The number of nitrogens with one attached hydrogen (secondary N) is 1. The highest BCUT2D eigenvalue weighted by Gasteiger charge is 2.55. The number of amides is 3. The summed E-state index contributed by atoms with van der Waals surface area (Å²) in [5.41, 5.74) is 0.839. The standard InChI is InChI=1S/C15H12BrN3O3/c1-7-3-8-4-9(16)5-10-12(8)19(7)14(22)17-15(10)6-11(20)18(2)13(15)21/h3-5H,6H2,1-2H3,(H,17,22). The maximum Gasteiger partial charge on any atom is 0.327 e. The summed E-state index contributed by atoms with van der Waals surface area (Å²) in [5.74, 6) is -0.689. The summed E-state index contributed by atoms with van der Waals surface area (Å²) in [5, 5.41) is 3.63. The summed E-state index contributed by atoms with van der Waals surface area (Å²) in [6, 6.07) is 5.23. The van der Waals surface area contributed by atoms with E-state index in [0.717, 1.165) is 20.5 Å². The summed E-state index contributed by atoms with van der Waals surface area (Å²) < 4.78 is 2.36. The third-order valence-corrected chi connectivity index (χ3v) is 4.95. The van der Waals surface area contributed by atoms with E-state index < -0.39 is 11.4 Å². The van der Waals surface area contributed by atoms with E-state index >= 15 is 0 Å². The van der Waals surface area contributed by atoms with Crippen molar-refractivity contribution >= 4 is 44.7 Å². The first-order valence-corrected chi connectivity index (χ1v) is 7.60. The first-order valence-electron chi connectivity index (χ1n) is 6.81. The third-order valence-electron chi connectivity index (χ3n) is 4.49. The molecule has 1 atom stereocenters. The molecule has 1 fully saturated rings. The van der Waals surface area contributed by atoms with E-state index in [1.165, 1.54) is 7.05 Å². The van der Waals surface area contributed by atoms with Gasteiger partial charge < -0.3 is 5.32 Å². The molecule has 4 rings (SSSR count). The van der Waals surface area contributed by atoms with Crippen molar-refractivity contribution in [1.29, 1.82) is 0 Å². The number of halogens is 1. The maximum absolute atomic E-state index is 12.7. The molecular formula is C15H12BrN3O3. The van der Waals surface area contributed by atoms with E-state index in [-0.39, 0.29) is 18.4 Å². The van der Waals surface area contributed by atoms with Crippen LogP contribution in [0.4, 0.5) is 4.79 Å². The summed E-state index contributed by atoms with van der Waals surface area (Å²) in [6.07, 6.45) is -0.0517. The van der Waals surface area contributed by atoms with Crippen molar-refractivity contribution in [1.82, 2.24) is 14.8 Å². The molecule has 22 heavy (non-hydrogen) atoms. The third kappa shape index (κ3) is 1.41. The Morgan fingerprint density at radius 2 is 1.95 bits per heavy atom. The molecule has 6 nitrogen and oxygen atoms in total. The average molecular weight is 362 g/mol. The molecule has 1 aromatic carbocycles. The fourth-order valence-electron chi connectivity index (χ4n) is 3.47. The Labute approximate surface area is 134 Å². The number of likely N-dealkylation sites (N-methyl/N-ethyl adjacent to an activating group) is 1. The van der Waals surface area contributed by atoms with Crippen LogP contribution in [0, 0.1) is 6.92 Å². The minimum Gasteiger partial charge on any atom is -0.318 e. The summed E-state index contributed by atoms with van der Waals surface area (Å²) in [6.45, 7) is 1.84. The highest BCUT2D eigenvalue weighted by atomic mass is 79.9. The summed E-state index contributed by atoms with van der Waals surface area (Å²) in [4.78, 5) is 38.3. The second kappa shape index (κ2) is 3.98. The van der Waals surface area contributed by atoms with Crippen LogP contribution in [-0.4, -0.2) is 34.4 Å². The lowest BCUT2D eigenvalue weighted by atomic mass is 9.85. The molecule has 2 aliphatic rings. The number of nitrogens with zero attached hydrogens (tertiary/aromatic N) is 2. The van der Waals surface area contributed by atoms with Gasteiger partial charge in [-0.1, -0.05) is 15.9 Å². The Kier molecular flexibility index (Phi) is 2.44. The molecule has 7 heteroatoms. The molecule has 1 saturated heterocycles. The van der Waals surface area contributed by atoms with Gasteiger partial charge in [-0.05, 0) is 25.1 Å². The normalized spacial score (nSPS) is 23.8. The number of likely N-dealkylation sites (tertiary alicyclic amines) is 1. The largest absolute Gasteiger partial charge is 0.327 e. The van der Waals surface area contributed by atoms with Crippen LogP contribution in [-0.2, 0) is 15.1 Å². The van der Waals surface area contributed by atoms with E-state index in [2.05, 4.69) is 21.2 Å². The van der Waals surface area contributed by atoms with Crippen molar-refractivity contribution in [2.24, 2.45) is 0 Å². The molecule has 0 saturated carbocycles.